The quantitative estimate of drug-likeness (QED) is 0.538. The molecule has 1 heterocycles. The van der Waals surface area contributed by atoms with Gasteiger partial charge in [0.1, 0.15) is 0 Å². The number of hydrogen-bond donors (Lipinski definition) is 2. The van der Waals surface area contributed by atoms with Crippen molar-refractivity contribution in [2.24, 2.45) is 0 Å². The van der Waals surface area contributed by atoms with Gasteiger partial charge in [-0.15, -0.1) is 0 Å². The Morgan fingerprint density at radius 3 is 1.30 bits per heavy atom. The van der Waals surface area contributed by atoms with Crippen LogP contribution in [0.15, 0.2) is 0 Å². The first-order chi connectivity index (χ1) is 7.06. The number of epoxide rings is 1. The Bertz CT molecular complexity index is 150. The molecule has 0 bridgehead atoms. The Labute approximate surface area is 171 Å². The minimum absolute atomic E-state index is 0. The maximum absolute atomic E-state index is 8.66. The molecule has 0 saturated carbocycles. The van der Waals surface area contributed by atoms with Gasteiger partial charge in [0.15, 0.2) is 16.6 Å². The minimum atomic E-state index is -1.61. The molecule has 20 heavy (non-hydrogen) atoms. The number of hydrogen-bond acceptors (Lipinski definition) is 5. The number of aliphatic hydroxyl groups is 1. The van der Waals surface area contributed by atoms with Crippen molar-refractivity contribution in [2.45, 2.75) is 54.1 Å². The summed E-state index contributed by atoms with van der Waals surface area (Å²) in [6, 6.07) is 0. The van der Waals surface area contributed by atoms with Crippen LogP contribution in [-0.2, 0) is 9.16 Å². The summed E-state index contributed by atoms with van der Waals surface area (Å²) in [6.07, 6.45) is 0. The van der Waals surface area contributed by atoms with Crippen molar-refractivity contribution in [3.63, 3.8) is 0 Å². The fourth-order valence-corrected chi connectivity index (χ4v) is 1.06. The number of ether oxygens (including phenoxy) is 1. The van der Waals surface area contributed by atoms with E-state index in [-0.39, 0.29) is 78.3 Å². The molecule has 8 heteroatoms. The zero-order valence-corrected chi connectivity index (χ0v) is 18.1. The monoisotopic (exact) mass is 356 g/mol. The first-order valence-corrected chi connectivity index (χ1v) is 12.5. The van der Waals surface area contributed by atoms with Crippen molar-refractivity contribution in [3.8, 4) is 0 Å². The van der Waals surface area contributed by atoms with Crippen LogP contribution >= 0.6 is 0 Å². The van der Waals surface area contributed by atoms with Crippen LogP contribution in [0.3, 0.4) is 0 Å². The molecule has 0 aromatic rings. The smallest absolute Gasteiger partial charge is 0.870 e. The fraction of sp³-hybridized carbons (Fsp3) is 1.00. The van der Waals surface area contributed by atoms with E-state index in [1.54, 1.807) is 0 Å². The van der Waals surface area contributed by atoms with Crippen molar-refractivity contribution in [1.82, 2.24) is 0 Å². The van der Waals surface area contributed by atoms with Crippen molar-refractivity contribution in [1.29, 1.82) is 0 Å². The van der Waals surface area contributed by atoms with Gasteiger partial charge in [-0.05, 0) is 39.3 Å². The topological polar surface area (TPSA) is 92.2 Å². The fourth-order valence-electron chi connectivity index (χ4n) is 0.352. The van der Waals surface area contributed by atoms with Crippen molar-refractivity contribution < 1.29 is 75.9 Å². The summed E-state index contributed by atoms with van der Waals surface area (Å²) in [5, 5.41) is 8.33. The van der Waals surface area contributed by atoms with Crippen molar-refractivity contribution >= 4 is 16.6 Å². The SMILES string of the molecule is C.C.C1CO1.C[Si](C)(C)O.C[Si](C)(C)OCCO.[K+].[OH-]. The summed E-state index contributed by atoms with van der Waals surface area (Å²) in [4.78, 5) is 8.66. The van der Waals surface area contributed by atoms with Gasteiger partial charge in [-0.1, -0.05) is 14.9 Å². The molecule has 1 aliphatic rings. The molecule has 3 N–H and O–H groups in total. The van der Waals surface area contributed by atoms with Gasteiger partial charge in [0.2, 0.25) is 0 Å². The molecule has 0 aliphatic carbocycles. The maximum Gasteiger partial charge on any atom is 1.00 e. The summed E-state index contributed by atoms with van der Waals surface area (Å²) in [5.41, 5.74) is 0. The van der Waals surface area contributed by atoms with E-state index in [1.807, 2.05) is 19.6 Å². The molecule has 0 aromatic heterocycles. The second-order valence-electron chi connectivity index (χ2n) is 5.47. The molecule has 0 aromatic carbocycles. The van der Waals surface area contributed by atoms with Gasteiger partial charge in [0, 0.05) is 0 Å². The summed E-state index contributed by atoms with van der Waals surface area (Å²) < 4.78 is 9.77. The van der Waals surface area contributed by atoms with Crippen LogP contribution in [-0.4, -0.2) is 58.4 Å². The van der Waals surface area contributed by atoms with Crippen LogP contribution < -0.4 is 51.4 Å². The van der Waals surface area contributed by atoms with Gasteiger partial charge in [0.05, 0.1) is 26.4 Å². The molecular formula is C12H37KO5Si2. The molecule has 1 rings (SSSR count). The van der Waals surface area contributed by atoms with Gasteiger partial charge >= 0.3 is 51.4 Å². The molecule has 0 unspecified atom stereocenters. The summed E-state index contributed by atoms with van der Waals surface area (Å²) in [5.74, 6) is 0. The first kappa shape index (κ1) is 37.8. The predicted octanol–water partition coefficient (Wildman–Crippen LogP) is -0.240. The van der Waals surface area contributed by atoms with E-state index in [0.29, 0.717) is 6.61 Å². The van der Waals surface area contributed by atoms with Gasteiger partial charge < -0.3 is 24.5 Å². The zero-order chi connectivity index (χ0) is 13.2. The van der Waals surface area contributed by atoms with Crippen molar-refractivity contribution in [2.75, 3.05) is 26.4 Å². The van der Waals surface area contributed by atoms with E-state index in [4.69, 9.17) is 14.3 Å². The third-order valence-corrected chi connectivity index (χ3v) is 1.90. The normalized spacial score (nSPS) is 11.4. The molecule has 124 valence electrons. The molecule has 0 radical (unpaired) electrons. The van der Waals surface area contributed by atoms with Crippen LogP contribution in [0.4, 0.5) is 0 Å². The third-order valence-electron chi connectivity index (χ3n) is 0.830. The average molecular weight is 357 g/mol. The Morgan fingerprint density at radius 1 is 1.00 bits per heavy atom. The Balaban J connectivity index is -0.0000000359. The summed E-state index contributed by atoms with van der Waals surface area (Å²) in [7, 11) is -2.95. The second-order valence-corrected chi connectivity index (χ2v) is 14.3. The van der Waals surface area contributed by atoms with E-state index in [0.717, 1.165) is 13.2 Å². The first-order valence-electron chi connectivity index (χ1n) is 5.61. The average Bonchev–Trinajstić information content (AvgIpc) is 2.80. The molecule has 1 saturated heterocycles. The van der Waals surface area contributed by atoms with Gasteiger partial charge in [-0.2, -0.15) is 0 Å². The predicted molar refractivity (Wildman–Crippen MR) is 88.2 cm³/mol. The molecule has 1 fully saturated rings. The largest absolute Gasteiger partial charge is 1.00 e. The Morgan fingerprint density at radius 2 is 1.25 bits per heavy atom. The third kappa shape index (κ3) is 114. The Hall–Kier alpha value is 1.87. The van der Waals surface area contributed by atoms with Gasteiger partial charge in [0.25, 0.3) is 0 Å². The molecule has 0 amide bonds. The molecule has 5 nitrogen and oxygen atoms in total. The molecule has 0 spiro atoms. The van der Waals surface area contributed by atoms with Crippen LogP contribution in [0.25, 0.3) is 0 Å². The number of rotatable bonds is 3. The maximum atomic E-state index is 8.66. The zero-order valence-electron chi connectivity index (χ0n) is 13.0. The van der Waals surface area contributed by atoms with Gasteiger partial charge in [-0.3, -0.25) is 0 Å². The van der Waals surface area contributed by atoms with Crippen LogP contribution in [0.5, 0.6) is 0 Å². The Kier molecular flexibility index (Phi) is 39.5. The van der Waals surface area contributed by atoms with Gasteiger partial charge in [-0.25, -0.2) is 0 Å². The van der Waals surface area contributed by atoms with Crippen molar-refractivity contribution in [3.05, 3.63) is 0 Å². The molecule has 0 atom stereocenters. The summed E-state index contributed by atoms with van der Waals surface area (Å²) >= 11 is 0. The minimum Gasteiger partial charge on any atom is -0.870 e. The second kappa shape index (κ2) is 20.9. The molecular weight excluding hydrogens is 319 g/mol. The molecule has 1 aliphatic heterocycles. The van der Waals surface area contributed by atoms with E-state index >= 15 is 0 Å². The van der Waals surface area contributed by atoms with E-state index < -0.39 is 16.6 Å². The van der Waals surface area contributed by atoms with E-state index in [9.17, 15) is 0 Å². The van der Waals surface area contributed by atoms with Crippen LogP contribution in [0.1, 0.15) is 14.9 Å². The van der Waals surface area contributed by atoms with Crippen LogP contribution in [0.2, 0.25) is 39.3 Å². The number of aliphatic hydroxyl groups excluding tert-OH is 1. The summed E-state index contributed by atoms with van der Waals surface area (Å²) in [6.45, 7) is 14.6. The van der Waals surface area contributed by atoms with E-state index in [1.165, 1.54) is 0 Å². The standard InChI is InChI=1S/C5H14O2Si.C3H10OSi.C2H4O.2CH4.K.H2O/c1-8(2,3)7-5-4-6;1-5(2,3)4;1-2-3-1;;;;/h6H,4-5H2,1-3H3;4H,1-3H3;1-2H2;2*1H4;;1H2/q;;;;;+1;/p-1. The van der Waals surface area contributed by atoms with E-state index in [2.05, 4.69) is 24.4 Å². The van der Waals surface area contributed by atoms with Crippen LogP contribution in [0, 0.1) is 0 Å².